The first-order chi connectivity index (χ1) is 11.3. The van der Waals surface area contributed by atoms with Gasteiger partial charge in [-0.25, -0.2) is 9.78 Å². The first-order valence-corrected chi connectivity index (χ1v) is 8.60. The largest absolute Gasteiger partial charge is 0.465 e. The van der Waals surface area contributed by atoms with E-state index >= 15 is 0 Å². The van der Waals surface area contributed by atoms with Crippen LogP contribution in [0.3, 0.4) is 0 Å². The van der Waals surface area contributed by atoms with Gasteiger partial charge < -0.3 is 10.1 Å². The highest BCUT2D eigenvalue weighted by molar-refractivity contribution is 7.09. The molecule has 0 aliphatic rings. The van der Waals surface area contributed by atoms with Crippen molar-refractivity contribution in [3.05, 3.63) is 45.9 Å². The molecule has 0 aliphatic carbocycles. The Labute approximate surface area is 146 Å². The zero-order valence-electron chi connectivity index (χ0n) is 14.4. The average molecular weight is 346 g/mol. The predicted octanol–water partition coefficient (Wildman–Crippen LogP) is 3.80. The zero-order valence-corrected chi connectivity index (χ0v) is 15.2. The fourth-order valence-electron chi connectivity index (χ4n) is 2.06. The van der Waals surface area contributed by atoms with Gasteiger partial charge in [-0.1, -0.05) is 26.8 Å². The van der Waals surface area contributed by atoms with E-state index in [2.05, 4.69) is 35.8 Å². The number of aromatic nitrogens is 1. The number of thiazole rings is 1. The van der Waals surface area contributed by atoms with Crippen molar-refractivity contribution in [3.8, 4) is 0 Å². The third-order valence-electron chi connectivity index (χ3n) is 3.45. The molecular formula is C18H22N2O3S. The second kappa shape index (κ2) is 7.57. The van der Waals surface area contributed by atoms with Crippen LogP contribution in [0.1, 0.15) is 48.3 Å². The van der Waals surface area contributed by atoms with Crippen LogP contribution < -0.4 is 5.32 Å². The summed E-state index contributed by atoms with van der Waals surface area (Å²) in [6, 6.07) is 6.69. The van der Waals surface area contributed by atoms with Crippen molar-refractivity contribution >= 4 is 28.9 Å². The molecule has 1 amide bonds. The van der Waals surface area contributed by atoms with Crippen LogP contribution >= 0.6 is 11.3 Å². The number of benzene rings is 1. The molecule has 128 valence electrons. The van der Waals surface area contributed by atoms with E-state index in [-0.39, 0.29) is 11.3 Å². The molecule has 6 heteroatoms. The van der Waals surface area contributed by atoms with Crippen molar-refractivity contribution in [2.45, 2.75) is 39.0 Å². The summed E-state index contributed by atoms with van der Waals surface area (Å²) in [5.41, 5.74) is 2.06. The number of carbonyl (C=O) groups is 2. The van der Waals surface area contributed by atoms with Crippen molar-refractivity contribution in [3.63, 3.8) is 0 Å². The summed E-state index contributed by atoms with van der Waals surface area (Å²) in [7, 11) is 1.33. The Kier molecular flexibility index (Phi) is 5.72. The summed E-state index contributed by atoms with van der Waals surface area (Å²) in [6.07, 6.45) is 0.947. The molecule has 0 spiro atoms. The Morgan fingerprint density at radius 1 is 1.29 bits per heavy atom. The smallest absolute Gasteiger partial charge is 0.337 e. The van der Waals surface area contributed by atoms with Gasteiger partial charge in [0.15, 0.2) is 0 Å². The number of nitrogens with zero attached hydrogens (tertiary/aromatic N) is 1. The molecule has 1 N–H and O–H groups in total. The van der Waals surface area contributed by atoms with Crippen LogP contribution in [-0.4, -0.2) is 24.0 Å². The minimum atomic E-state index is -0.427. The molecule has 0 unspecified atom stereocenters. The molecule has 1 aromatic carbocycles. The highest BCUT2D eigenvalue weighted by atomic mass is 32.1. The highest BCUT2D eigenvalue weighted by Gasteiger charge is 2.17. The van der Waals surface area contributed by atoms with Gasteiger partial charge in [0, 0.05) is 29.3 Å². The lowest BCUT2D eigenvalue weighted by Gasteiger charge is -2.14. The lowest BCUT2D eigenvalue weighted by atomic mass is 9.93. The van der Waals surface area contributed by atoms with Gasteiger partial charge >= 0.3 is 5.97 Å². The van der Waals surface area contributed by atoms with Crippen molar-refractivity contribution in [2.75, 3.05) is 12.4 Å². The summed E-state index contributed by atoms with van der Waals surface area (Å²) in [5.74, 6) is -0.534. The van der Waals surface area contributed by atoms with Crippen LogP contribution in [0, 0.1) is 0 Å². The number of ether oxygens (including phenoxy) is 1. The molecule has 5 nitrogen and oxygen atoms in total. The number of esters is 1. The Bertz CT molecular complexity index is 732. The Hall–Kier alpha value is -2.21. The molecule has 0 saturated carbocycles. The topological polar surface area (TPSA) is 68.3 Å². The number of aryl methyl sites for hydroxylation is 1. The number of rotatable bonds is 5. The van der Waals surface area contributed by atoms with Gasteiger partial charge in [-0.3, -0.25) is 4.79 Å². The van der Waals surface area contributed by atoms with Crippen molar-refractivity contribution in [1.29, 1.82) is 0 Å². The normalized spacial score (nSPS) is 11.2. The molecule has 2 rings (SSSR count). The third kappa shape index (κ3) is 4.89. The van der Waals surface area contributed by atoms with Crippen LogP contribution in [0.5, 0.6) is 0 Å². The molecule has 0 radical (unpaired) electrons. The molecule has 0 fully saturated rings. The molecule has 0 bridgehead atoms. The van der Waals surface area contributed by atoms with Crippen LogP contribution in [-0.2, 0) is 21.4 Å². The Morgan fingerprint density at radius 3 is 2.67 bits per heavy atom. The van der Waals surface area contributed by atoms with Crippen molar-refractivity contribution in [2.24, 2.45) is 0 Å². The lowest BCUT2D eigenvalue weighted by molar-refractivity contribution is -0.116. The summed E-state index contributed by atoms with van der Waals surface area (Å²) in [5, 5.41) is 5.80. The maximum atomic E-state index is 12.1. The maximum absolute atomic E-state index is 12.1. The van der Waals surface area contributed by atoms with Gasteiger partial charge in [-0.05, 0) is 18.2 Å². The van der Waals surface area contributed by atoms with Gasteiger partial charge in [-0.2, -0.15) is 0 Å². The summed E-state index contributed by atoms with van der Waals surface area (Å²) in [6.45, 7) is 6.35. The maximum Gasteiger partial charge on any atom is 0.337 e. The number of carbonyl (C=O) groups excluding carboxylic acids is 2. The summed E-state index contributed by atoms with van der Waals surface area (Å²) >= 11 is 1.58. The predicted molar refractivity (Wildman–Crippen MR) is 95.5 cm³/mol. The number of methoxy groups -OCH3 is 1. The summed E-state index contributed by atoms with van der Waals surface area (Å²) < 4.78 is 4.67. The minimum absolute atomic E-state index is 0.0192. The molecule has 0 aliphatic heterocycles. The molecular weight excluding hydrogens is 324 g/mol. The van der Waals surface area contributed by atoms with E-state index in [4.69, 9.17) is 0 Å². The van der Waals surface area contributed by atoms with Gasteiger partial charge in [0.25, 0.3) is 0 Å². The lowest BCUT2D eigenvalue weighted by Crippen LogP contribution is -2.14. The molecule has 2 aromatic rings. The first-order valence-electron chi connectivity index (χ1n) is 7.72. The van der Waals surface area contributed by atoms with E-state index in [0.29, 0.717) is 24.1 Å². The fourth-order valence-corrected chi connectivity index (χ4v) is 3.08. The quantitative estimate of drug-likeness (QED) is 0.836. The van der Waals surface area contributed by atoms with E-state index in [0.717, 1.165) is 10.7 Å². The summed E-state index contributed by atoms with van der Waals surface area (Å²) in [4.78, 5) is 28.2. The number of anilines is 1. The highest BCUT2D eigenvalue weighted by Crippen LogP contribution is 2.24. The zero-order chi connectivity index (χ0) is 17.7. The van der Waals surface area contributed by atoms with Gasteiger partial charge in [0.2, 0.25) is 5.91 Å². The fraction of sp³-hybridized carbons (Fsp3) is 0.389. The minimum Gasteiger partial charge on any atom is -0.465 e. The van der Waals surface area contributed by atoms with E-state index in [9.17, 15) is 9.59 Å². The van der Waals surface area contributed by atoms with E-state index in [1.54, 1.807) is 35.6 Å². The third-order valence-corrected chi connectivity index (χ3v) is 4.36. The number of nitrogens with one attached hydrogen (secondary N) is 1. The number of hydrogen-bond donors (Lipinski definition) is 1. The monoisotopic (exact) mass is 346 g/mol. The molecule has 0 saturated heterocycles. The SMILES string of the molecule is COC(=O)c1cccc(NC(=O)CCc2nc(C(C)(C)C)cs2)c1. The second-order valence-corrected chi connectivity index (χ2v) is 7.44. The number of amides is 1. The first kappa shape index (κ1) is 18.1. The van der Waals surface area contributed by atoms with E-state index in [1.807, 2.05) is 5.38 Å². The molecule has 24 heavy (non-hydrogen) atoms. The second-order valence-electron chi connectivity index (χ2n) is 6.50. The van der Waals surface area contributed by atoms with E-state index in [1.165, 1.54) is 7.11 Å². The standard InChI is InChI=1S/C18H22N2O3S/c1-18(2,3)14-11-24-16(20-14)9-8-15(21)19-13-7-5-6-12(10-13)17(22)23-4/h5-7,10-11H,8-9H2,1-4H3,(H,19,21). The van der Waals surface area contributed by atoms with Crippen LogP contribution in [0.4, 0.5) is 5.69 Å². The van der Waals surface area contributed by atoms with Gasteiger partial charge in [0.05, 0.1) is 23.4 Å². The van der Waals surface area contributed by atoms with E-state index < -0.39 is 5.97 Å². The molecule has 1 heterocycles. The Morgan fingerprint density at radius 2 is 2.04 bits per heavy atom. The van der Waals surface area contributed by atoms with Gasteiger partial charge in [0.1, 0.15) is 0 Å². The number of hydrogen-bond acceptors (Lipinski definition) is 5. The van der Waals surface area contributed by atoms with Crippen LogP contribution in [0.15, 0.2) is 29.6 Å². The van der Waals surface area contributed by atoms with Crippen molar-refractivity contribution < 1.29 is 14.3 Å². The molecule has 0 atom stereocenters. The average Bonchev–Trinajstić information content (AvgIpc) is 3.01. The van der Waals surface area contributed by atoms with Crippen LogP contribution in [0.2, 0.25) is 0 Å². The van der Waals surface area contributed by atoms with Crippen molar-refractivity contribution in [1.82, 2.24) is 4.98 Å². The van der Waals surface area contributed by atoms with Gasteiger partial charge in [-0.15, -0.1) is 11.3 Å². The Balaban J connectivity index is 1.92. The molecule has 1 aromatic heterocycles. The van der Waals surface area contributed by atoms with Crippen LogP contribution in [0.25, 0.3) is 0 Å².